The van der Waals surface area contributed by atoms with E-state index in [0.29, 0.717) is 12.1 Å². The summed E-state index contributed by atoms with van der Waals surface area (Å²) >= 11 is 0. The lowest BCUT2D eigenvalue weighted by molar-refractivity contribution is -0.154. The maximum atomic E-state index is 12.2. The molecule has 0 saturated carbocycles. The minimum absolute atomic E-state index is 0.0993. The van der Waals surface area contributed by atoms with Gasteiger partial charge >= 0.3 is 5.97 Å². The Bertz CT molecular complexity index is 472. The Kier molecular flexibility index (Phi) is 3.62. The van der Waals surface area contributed by atoms with Crippen molar-refractivity contribution in [1.29, 1.82) is 0 Å². The Labute approximate surface area is 105 Å². The molecule has 1 saturated heterocycles. The van der Waals surface area contributed by atoms with Crippen molar-refractivity contribution < 1.29 is 19.4 Å². The number of nitrogens with zero attached hydrogens (tertiary/aromatic N) is 1. The van der Waals surface area contributed by atoms with Crippen LogP contribution in [0.1, 0.15) is 15.9 Å². The van der Waals surface area contributed by atoms with Crippen LogP contribution in [-0.2, 0) is 9.53 Å². The molecule has 1 heterocycles. The quantitative estimate of drug-likeness (QED) is 0.846. The van der Waals surface area contributed by atoms with Gasteiger partial charge in [0.15, 0.2) is 6.10 Å². The van der Waals surface area contributed by atoms with E-state index in [1.165, 1.54) is 4.90 Å². The number of carbonyl (C=O) groups excluding carboxylic acids is 1. The average molecular weight is 249 g/mol. The predicted octanol–water partition coefficient (Wildman–Crippen LogP) is 0.921. The molecule has 0 aromatic heterocycles. The molecular weight excluding hydrogens is 234 g/mol. The summed E-state index contributed by atoms with van der Waals surface area (Å²) in [5.41, 5.74) is 1.59. The second-order valence-electron chi connectivity index (χ2n) is 4.32. The molecule has 5 heteroatoms. The van der Waals surface area contributed by atoms with Crippen molar-refractivity contribution in [3.63, 3.8) is 0 Å². The molecule has 96 valence electrons. The van der Waals surface area contributed by atoms with Crippen LogP contribution in [0.3, 0.4) is 0 Å². The number of hydrogen-bond donors (Lipinski definition) is 1. The minimum Gasteiger partial charge on any atom is -0.479 e. The molecule has 1 unspecified atom stereocenters. The molecule has 1 atom stereocenters. The zero-order valence-electron chi connectivity index (χ0n) is 10.1. The monoisotopic (exact) mass is 249 g/mol. The molecule has 2 rings (SSSR count). The van der Waals surface area contributed by atoms with Gasteiger partial charge in [0.25, 0.3) is 5.91 Å². The predicted molar refractivity (Wildman–Crippen MR) is 64.5 cm³/mol. The number of carboxylic acid groups (broad SMARTS) is 1. The summed E-state index contributed by atoms with van der Waals surface area (Å²) in [5, 5.41) is 8.89. The summed E-state index contributed by atoms with van der Waals surface area (Å²) in [5.74, 6) is -1.18. The maximum Gasteiger partial charge on any atom is 0.334 e. The molecule has 5 nitrogen and oxygen atoms in total. The number of aliphatic carboxylic acids is 1. The van der Waals surface area contributed by atoms with Gasteiger partial charge in [-0.1, -0.05) is 17.7 Å². The van der Waals surface area contributed by atoms with Crippen LogP contribution in [0.25, 0.3) is 0 Å². The number of carbonyl (C=O) groups is 2. The van der Waals surface area contributed by atoms with Crippen molar-refractivity contribution in [2.75, 3.05) is 19.7 Å². The third kappa shape index (κ3) is 2.68. The molecule has 0 spiro atoms. The summed E-state index contributed by atoms with van der Waals surface area (Å²) in [4.78, 5) is 24.6. The van der Waals surface area contributed by atoms with Gasteiger partial charge in [0.05, 0.1) is 13.2 Å². The first-order chi connectivity index (χ1) is 8.58. The number of ether oxygens (including phenoxy) is 1. The van der Waals surface area contributed by atoms with Crippen LogP contribution < -0.4 is 0 Å². The molecule has 1 aromatic carbocycles. The van der Waals surface area contributed by atoms with Gasteiger partial charge < -0.3 is 14.7 Å². The van der Waals surface area contributed by atoms with Crippen LogP contribution in [0, 0.1) is 6.92 Å². The van der Waals surface area contributed by atoms with Crippen molar-refractivity contribution >= 4 is 11.9 Å². The third-order valence-corrected chi connectivity index (χ3v) is 2.89. The van der Waals surface area contributed by atoms with E-state index >= 15 is 0 Å². The van der Waals surface area contributed by atoms with E-state index in [-0.39, 0.29) is 19.1 Å². The molecule has 18 heavy (non-hydrogen) atoms. The van der Waals surface area contributed by atoms with Crippen LogP contribution in [0.4, 0.5) is 0 Å². The fourth-order valence-electron chi connectivity index (χ4n) is 1.94. The highest BCUT2D eigenvalue weighted by molar-refractivity contribution is 5.94. The highest BCUT2D eigenvalue weighted by Gasteiger charge is 2.29. The summed E-state index contributed by atoms with van der Waals surface area (Å²) in [6, 6.07) is 7.27. The van der Waals surface area contributed by atoms with Crippen LogP contribution in [-0.4, -0.2) is 47.7 Å². The molecule has 1 aromatic rings. The van der Waals surface area contributed by atoms with E-state index in [1.807, 2.05) is 19.1 Å². The van der Waals surface area contributed by atoms with Gasteiger partial charge in [0.1, 0.15) is 0 Å². The first-order valence-electron chi connectivity index (χ1n) is 5.78. The van der Waals surface area contributed by atoms with Gasteiger partial charge in [-0.25, -0.2) is 4.79 Å². The maximum absolute atomic E-state index is 12.2. The van der Waals surface area contributed by atoms with Crippen molar-refractivity contribution in [2.45, 2.75) is 13.0 Å². The van der Waals surface area contributed by atoms with E-state index in [2.05, 4.69) is 0 Å². The number of morpholine rings is 1. The number of rotatable bonds is 2. The van der Waals surface area contributed by atoms with Crippen molar-refractivity contribution in [3.05, 3.63) is 35.4 Å². The smallest absolute Gasteiger partial charge is 0.334 e. The SMILES string of the molecule is Cc1cccc(C(=O)N2CCOC(C(=O)O)C2)c1. The van der Waals surface area contributed by atoms with E-state index in [0.717, 1.165) is 5.56 Å². The molecule has 1 aliphatic heterocycles. The van der Waals surface area contributed by atoms with Crippen molar-refractivity contribution in [2.24, 2.45) is 0 Å². The van der Waals surface area contributed by atoms with Crippen LogP contribution in [0.2, 0.25) is 0 Å². The Balaban J connectivity index is 2.11. The molecular formula is C13H15NO4. The highest BCUT2D eigenvalue weighted by Crippen LogP contribution is 2.12. The summed E-state index contributed by atoms with van der Waals surface area (Å²) in [6.45, 7) is 2.70. The second kappa shape index (κ2) is 5.18. The van der Waals surface area contributed by atoms with Gasteiger partial charge in [-0.05, 0) is 19.1 Å². The average Bonchev–Trinajstić information content (AvgIpc) is 2.38. The topological polar surface area (TPSA) is 66.8 Å². The first-order valence-corrected chi connectivity index (χ1v) is 5.78. The second-order valence-corrected chi connectivity index (χ2v) is 4.32. The number of benzene rings is 1. The molecule has 1 fully saturated rings. The third-order valence-electron chi connectivity index (χ3n) is 2.89. The van der Waals surface area contributed by atoms with Gasteiger partial charge in [-0.3, -0.25) is 4.79 Å². The summed E-state index contributed by atoms with van der Waals surface area (Å²) < 4.78 is 5.09. The zero-order valence-corrected chi connectivity index (χ0v) is 10.1. The molecule has 1 N–H and O–H groups in total. The van der Waals surface area contributed by atoms with Crippen molar-refractivity contribution in [3.8, 4) is 0 Å². The number of hydrogen-bond acceptors (Lipinski definition) is 3. The standard InChI is InChI=1S/C13H15NO4/c1-9-3-2-4-10(7-9)12(15)14-5-6-18-11(8-14)13(16)17/h2-4,7,11H,5-6,8H2,1H3,(H,16,17). The van der Waals surface area contributed by atoms with Crippen molar-refractivity contribution in [1.82, 2.24) is 4.90 Å². The minimum atomic E-state index is -1.03. The number of carboxylic acids is 1. The fourth-order valence-corrected chi connectivity index (χ4v) is 1.94. The van der Waals surface area contributed by atoms with Crippen LogP contribution in [0.5, 0.6) is 0 Å². The van der Waals surface area contributed by atoms with Gasteiger partial charge in [0.2, 0.25) is 0 Å². The summed E-state index contributed by atoms with van der Waals surface area (Å²) in [7, 11) is 0. The van der Waals surface area contributed by atoms with Gasteiger partial charge in [-0.2, -0.15) is 0 Å². The molecule has 0 bridgehead atoms. The lowest BCUT2D eigenvalue weighted by atomic mass is 10.1. The number of amides is 1. The largest absolute Gasteiger partial charge is 0.479 e. The first kappa shape index (κ1) is 12.6. The zero-order chi connectivity index (χ0) is 13.1. The Morgan fingerprint density at radius 3 is 2.89 bits per heavy atom. The Morgan fingerprint density at radius 2 is 2.22 bits per heavy atom. The lowest BCUT2D eigenvalue weighted by Crippen LogP contribution is -2.48. The molecule has 0 aliphatic carbocycles. The van der Waals surface area contributed by atoms with E-state index in [9.17, 15) is 9.59 Å². The molecule has 1 aliphatic rings. The van der Waals surface area contributed by atoms with Crippen LogP contribution in [0.15, 0.2) is 24.3 Å². The highest BCUT2D eigenvalue weighted by atomic mass is 16.5. The van der Waals surface area contributed by atoms with Gasteiger partial charge in [-0.15, -0.1) is 0 Å². The molecule has 0 radical (unpaired) electrons. The van der Waals surface area contributed by atoms with E-state index in [4.69, 9.17) is 9.84 Å². The van der Waals surface area contributed by atoms with E-state index in [1.54, 1.807) is 12.1 Å². The van der Waals surface area contributed by atoms with Gasteiger partial charge in [0, 0.05) is 12.1 Å². The Morgan fingerprint density at radius 1 is 1.44 bits per heavy atom. The Hall–Kier alpha value is -1.88. The number of aryl methyl sites for hydroxylation is 1. The molecule has 1 amide bonds. The lowest BCUT2D eigenvalue weighted by Gasteiger charge is -2.31. The van der Waals surface area contributed by atoms with Crippen LogP contribution >= 0.6 is 0 Å². The summed E-state index contributed by atoms with van der Waals surface area (Å²) in [6.07, 6.45) is -0.924. The van der Waals surface area contributed by atoms with E-state index < -0.39 is 12.1 Å². The fraction of sp³-hybridized carbons (Fsp3) is 0.385. The normalized spacial score (nSPS) is 19.6.